The lowest BCUT2D eigenvalue weighted by Gasteiger charge is -2.36. The molecule has 1 aliphatic rings. The van der Waals surface area contributed by atoms with Gasteiger partial charge in [-0.15, -0.1) is 0 Å². The van der Waals surface area contributed by atoms with E-state index in [1.807, 2.05) is 0 Å². The molecule has 0 aromatic carbocycles. The lowest BCUT2D eigenvalue weighted by atomic mass is 9.87. The van der Waals surface area contributed by atoms with Crippen LogP contribution in [0.25, 0.3) is 0 Å². The Balaban J connectivity index is 2.86. The molecule has 3 heteroatoms. The van der Waals surface area contributed by atoms with E-state index in [0.29, 0.717) is 0 Å². The van der Waals surface area contributed by atoms with Crippen LogP contribution in [0.1, 0.15) is 34.1 Å². The molecule has 1 aliphatic heterocycles. The number of quaternary nitrogens is 1. The standard InChI is InChI=1S/C9H18N2O/c1-8(2)5-7(10-12)6-9(3,4)11-8/h5,10-12H,6H2,1-4H3/p+1. The van der Waals surface area contributed by atoms with Crippen LogP contribution in [0.4, 0.5) is 0 Å². The van der Waals surface area contributed by atoms with E-state index in [4.69, 9.17) is 5.21 Å². The van der Waals surface area contributed by atoms with Crippen LogP contribution in [0, 0.1) is 0 Å². The second-order valence-corrected chi connectivity index (χ2v) is 4.91. The van der Waals surface area contributed by atoms with Crippen LogP contribution in [0.5, 0.6) is 0 Å². The second kappa shape index (κ2) is 2.75. The van der Waals surface area contributed by atoms with Crippen molar-refractivity contribution in [1.29, 1.82) is 0 Å². The molecular formula is C9H19N2O+. The minimum absolute atomic E-state index is 0.0762. The summed E-state index contributed by atoms with van der Waals surface area (Å²) in [5.74, 6) is 0. The molecule has 4 N–H and O–H groups in total. The number of hydrogen-bond acceptors (Lipinski definition) is 2. The summed E-state index contributed by atoms with van der Waals surface area (Å²) >= 11 is 0. The molecule has 3 nitrogen and oxygen atoms in total. The van der Waals surface area contributed by atoms with Gasteiger partial charge >= 0.3 is 0 Å². The summed E-state index contributed by atoms with van der Waals surface area (Å²) in [6, 6.07) is 0. The number of rotatable bonds is 1. The molecule has 0 saturated carbocycles. The first kappa shape index (κ1) is 9.55. The molecule has 1 rings (SSSR count). The van der Waals surface area contributed by atoms with Gasteiger partial charge in [0.2, 0.25) is 0 Å². The van der Waals surface area contributed by atoms with Gasteiger partial charge in [-0.1, -0.05) is 0 Å². The first-order chi connectivity index (χ1) is 5.35. The fraction of sp³-hybridized carbons (Fsp3) is 0.778. The zero-order valence-electron chi connectivity index (χ0n) is 8.31. The molecule has 0 atom stereocenters. The van der Waals surface area contributed by atoms with Crippen LogP contribution in [-0.4, -0.2) is 16.3 Å². The van der Waals surface area contributed by atoms with Gasteiger partial charge in [-0.2, -0.15) is 0 Å². The predicted molar refractivity (Wildman–Crippen MR) is 47.7 cm³/mol. The van der Waals surface area contributed by atoms with Crippen molar-refractivity contribution < 1.29 is 10.5 Å². The van der Waals surface area contributed by atoms with Gasteiger partial charge in [-0.3, -0.25) is 10.7 Å². The Hall–Kier alpha value is -0.540. The van der Waals surface area contributed by atoms with Gasteiger partial charge in [-0.25, -0.2) is 0 Å². The third-order valence-corrected chi connectivity index (χ3v) is 2.10. The van der Waals surface area contributed by atoms with Crippen molar-refractivity contribution in [2.75, 3.05) is 0 Å². The molecular weight excluding hydrogens is 152 g/mol. The van der Waals surface area contributed by atoms with Crippen LogP contribution in [0.15, 0.2) is 11.8 Å². The summed E-state index contributed by atoms with van der Waals surface area (Å²) in [4.78, 5) is 0. The number of hydroxylamine groups is 1. The van der Waals surface area contributed by atoms with Gasteiger partial charge in [0.15, 0.2) is 0 Å². The summed E-state index contributed by atoms with van der Waals surface area (Å²) in [6.07, 6.45) is 2.95. The zero-order chi connectivity index (χ0) is 9.41. The molecule has 0 unspecified atom stereocenters. The number of nitrogens with one attached hydrogen (secondary N) is 1. The van der Waals surface area contributed by atoms with Gasteiger partial charge in [-0.05, 0) is 33.8 Å². The van der Waals surface area contributed by atoms with Crippen molar-refractivity contribution >= 4 is 0 Å². The van der Waals surface area contributed by atoms with Gasteiger partial charge in [0, 0.05) is 12.1 Å². The Labute approximate surface area is 73.8 Å². The lowest BCUT2D eigenvalue weighted by Crippen LogP contribution is -3.04. The largest absolute Gasteiger partial charge is 0.334 e. The summed E-state index contributed by atoms with van der Waals surface area (Å²) < 4.78 is 0. The molecule has 0 fully saturated rings. The van der Waals surface area contributed by atoms with E-state index in [1.165, 1.54) is 0 Å². The third-order valence-electron chi connectivity index (χ3n) is 2.10. The molecule has 70 valence electrons. The van der Waals surface area contributed by atoms with E-state index in [-0.39, 0.29) is 11.1 Å². The average molecular weight is 171 g/mol. The molecule has 0 spiro atoms. The maximum atomic E-state index is 8.82. The molecule has 0 aromatic heterocycles. The van der Waals surface area contributed by atoms with Crippen LogP contribution in [0.3, 0.4) is 0 Å². The normalized spacial score (nSPS) is 26.2. The molecule has 1 heterocycles. The maximum absolute atomic E-state index is 8.82. The Morgan fingerprint density at radius 3 is 2.42 bits per heavy atom. The average Bonchev–Trinajstić information content (AvgIpc) is 1.80. The van der Waals surface area contributed by atoms with Crippen LogP contribution >= 0.6 is 0 Å². The van der Waals surface area contributed by atoms with Crippen molar-refractivity contribution in [2.24, 2.45) is 0 Å². The van der Waals surface area contributed by atoms with Gasteiger partial charge in [0.05, 0.1) is 5.54 Å². The SMILES string of the molecule is CC1(C)C=C(NO)CC(C)(C)[NH2+]1. The topological polar surface area (TPSA) is 48.9 Å². The Bertz CT molecular complexity index is 207. The smallest absolute Gasteiger partial charge is 0.111 e. The van der Waals surface area contributed by atoms with E-state index < -0.39 is 0 Å². The molecule has 0 aliphatic carbocycles. The second-order valence-electron chi connectivity index (χ2n) is 4.91. The van der Waals surface area contributed by atoms with Gasteiger partial charge in [0.25, 0.3) is 0 Å². The first-order valence-corrected chi connectivity index (χ1v) is 4.34. The number of nitrogens with two attached hydrogens (primary N) is 1. The molecule has 0 bridgehead atoms. The van der Waals surface area contributed by atoms with E-state index in [2.05, 4.69) is 44.6 Å². The van der Waals surface area contributed by atoms with Gasteiger partial charge in [0.1, 0.15) is 5.54 Å². The van der Waals surface area contributed by atoms with Crippen molar-refractivity contribution in [1.82, 2.24) is 5.48 Å². The molecule has 0 aromatic rings. The summed E-state index contributed by atoms with van der Waals surface area (Å²) in [5, 5.41) is 11.1. The predicted octanol–water partition coefficient (Wildman–Crippen LogP) is 0.373. The monoisotopic (exact) mass is 171 g/mol. The van der Waals surface area contributed by atoms with E-state index in [1.54, 1.807) is 0 Å². The van der Waals surface area contributed by atoms with Crippen LogP contribution in [-0.2, 0) is 0 Å². The lowest BCUT2D eigenvalue weighted by molar-refractivity contribution is -0.771. The molecule has 0 radical (unpaired) electrons. The minimum Gasteiger partial charge on any atom is -0.334 e. The van der Waals surface area contributed by atoms with E-state index in [9.17, 15) is 0 Å². The van der Waals surface area contributed by atoms with E-state index >= 15 is 0 Å². The Morgan fingerprint density at radius 1 is 1.42 bits per heavy atom. The van der Waals surface area contributed by atoms with Crippen molar-refractivity contribution in [3.8, 4) is 0 Å². The number of hydrogen-bond donors (Lipinski definition) is 3. The van der Waals surface area contributed by atoms with Crippen molar-refractivity contribution in [2.45, 2.75) is 45.2 Å². The molecule has 0 saturated heterocycles. The van der Waals surface area contributed by atoms with Crippen LogP contribution in [0.2, 0.25) is 0 Å². The molecule has 12 heavy (non-hydrogen) atoms. The van der Waals surface area contributed by atoms with E-state index in [0.717, 1.165) is 12.1 Å². The summed E-state index contributed by atoms with van der Waals surface area (Å²) in [5.41, 5.74) is 3.43. The minimum atomic E-state index is 0.0762. The van der Waals surface area contributed by atoms with Crippen molar-refractivity contribution in [3.05, 3.63) is 11.8 Å². The highest BCUT2D eigenvalue weighted by Gasteiger charge is 2.36. The zero-order valence-corrected chi connectivity index (χ0v) is 8.31. The maximum Gasteiger partial charge on any atom is 0.111 e. The third kappa shape index (κ3) is 2.22. The summed E-state index contributed by atoms with van der Waals surface area (Å²) in [7, 11) is 0. The highest BCUT2D eigenvalue weighted by Crippen LogP contribution is 2.18. The first-order valence-electron chi connectivity index (χ1n) is 4.34. The summed E-state index contributed by atoms with van der Waals surface area (Å²) in [6.45, 7) is 8.65. The Kier molecular flexibility index (Phi) is 2.19. The van der Waals surface area contributed by atoms with Crippen molar-refractivity contribution in [3.63, 3.8) is 0 Å². The highest BCUT2D eigenvalue weighted by molar-refractivity contribution is 5.10. The fourth-order valence-electron chi connectivity index (χ4n) is 2.16. The molecule has 0 amide bonds. The fourth-order valence-corrected chi connectivity index (χ4v) is 2.16. The quantitative estimate of drug-likeness (QED) is 0.499. The van der Waals surface area contributed by atoms with Crippen LogP contribution < -0.4 is 10.8 Å². The highest BCUT2D eigenvalue weighted by atomic mass is 16.5. The Morgan fingerprint density at radius 2 is 2.00 bits per heavy atom. The van der Waals surface area contributed by atoms with Gasteiger partial charge < -0.3 is 5.32 Å².